The second kappa shape index (κ2) is 12.8. The Labute approximate surface area is 222 Å². The second-order valence-electron chi connectivity index (χ2n) is 8.15. The summed E-state index contributed by atoms with van der Waals surface area (Å²) >= 11 is 3.42. The van der Waals surface area contributed by atoms with Crippen LogP contribution in [-0.2, 0) is 28.7 Å². The van der Waals surface area contributed by atoms with E-state index >= 15 is 0 Å². The number of hydrogen-bond acceptors (Lipinski definition) is 4. The van der Waals surface area contributed by atoms with Gasteiger partial charge in [0.25, 0.3) is 5.91 Å². The second-order valence-corrected chi connectivity index (χ2v) is 9.07. The van der Waals surface area contributed by atoms with Crippen molar-refractivity contribution in [1.82, 2.24) is 4.90 Å². The summed E-state index contributed by atoms with van der Waals surface area (Å²) in [6, 6.07) is 17.4. The van der Waals surface area contributed by atoms with Gasteiger partial charge in [-0.1, -0.05) is 52.3 Å². The maximum Gasteiger partial charge on any atom is 0.416 e. The van der Waals surface area contributed by atoms with Crippen molar-refractivity contribution >= 4 is 27.8 Å². The molecule has 0 fully saturated rings. The maximum atomic E-state index is 13.8. The van der Waals surface area contributed by atoms with Crippen LogP contribution in [0, 0.1) is 0 Å². The lowest BCUT2D eigenvalue weighted by atomic mass is 10.0. The van der Waals surface area contributed by atoms with E-state index in [0.717, 1.165) is 17.7 Å². The Hall–Kier alpha value is -3.33. The van der Waals surface area contributed by atoms with E-state index in [1.165, 1.54) is 17.0 Å². The molecule has 0 bridgehead atoms. The van der Waals surface area contributed by atoms with E-state index in [0.29, 0.717) is 22.4 Å². The SMILES string of the molecule is CCOC(=O)C(Cc1ccccc1)N(Cc1cc(Br)ccc1OCC)C(=O)c1cccc(C(F)(F)F)c1. The number of carbonyl (C=O) groups is 2. The van der Waals surface area contributed by atoms with Gasteiger partial charge in [0.2, 0.25) is 0 Å². The van der Waals surface area contributed by atoms with Crippen molar-refractivity contribution in [3.05, 3.63) is 99.5 Å². The monoisotopic (exact) mass is 577 g/mol. The molecule has 3 rings (SSSR count). The average Bonchev–Trinajstić information content (AvgIpc) is 2.87. The summed E-state index contributed by atoms with van der Waals surface area (Å²) in [4.78, 5) is 28.3. The van der Waals surface area contributed by atoms with Gasteiger partial charge in [-0.25, -0.2) is 4.79 Å². The third kappa shape index (κ3) is 7.58. The van der Waals surface area contributed by atoms with Crippen molar-refractivity contribution < 1.29 is 32.2 Å². The fraction of sp³-hybridized carbons (Fsp3) is 0.286. The average molecular weight is 578 g/mol. The quantitative estimate of drug-likeness (QED) is 0.252. The number of alkyl halides is 3. The number of benzene rings is 3. The Bertz CT molecular complexity index is 1220. The first-order valence-electron chi connectivity index (χ1n) is 11.7. The summed E-state index contributed by atoms with van der Waals surface area (Å²) in [5.41, 5.74) is 0.206. The van der Waals surface area contributed by atoms with E-state index in [2.05, 4.69) is 15.9 Å². The molecule has 1 amide bonds. The van der Waals surface area contributed by atoms with Crippen molar-refractivity contribution in [2.75, 3.05) is 13.2 Å². The van der Waals surface area contributed by atoms with Crippen molar-refractivity contribution in [3.63, 3.8) is 0 Å². The summed E-state index contributed by atoms with van der Waals surface area (Å²) in [6.07, 6.45) is -4.51. The Morgan fingerprint density at radius 3 is 2.32 bits per heavy atom. The Kier molecular flexibility index (Phi) is 9.74. The van der Waals surface area contributed by atoms with Crippen LogP contribution in [0.2, 0.25) is 0 Å². The van der Waals surface area contributed by atoms with Gasteiger partial charge in [-0.2, -0.15) is 13.2 Å². The number of amides is 1. The number of ether oxygens (including phenoxy) is 2. The van der Waals surface area contributed by atoms with E-state index < -0.39 is 29.7 Å². The fourth-order valence-corrected chi connectivity index (χ4v) is 4.27. The molecule has 1 unspecified atom stereocenters. The van der Waals surface area contributed by atoms with Gasteiger partial charge in [-0.3, -0.25) is 4.79 Å². The highest BCUT2D eigenvalue weighted by Crippen LogP contribution is 2.31. The highest BCUT2D eigenvalue weighted by Gasteiger charge is 2.35. The minimum atomic E-state index is -4.63. The van der Waals surface area contributed by atoms with Gasteiger partial charge < -0.3 is 14.4 Å². The maximum absolute atomic E-state index is 13.8. The summed E-state index contributed by atoms with van der Waals surface area (Å²) in [6.45, 7) is 3.81. The Morgan fingerprint density at radius 2 is 1.68 bits per heavy atom. The molecule has 196 valence electrons. The molecule has 0 aliphatic rings. The van der Waals surface area contributed by atoms with Crippen LogP contribution < -0.4 is 4.74 Å². The van der Waals surface area contributed by atoms with E-state index in [4.69, 9.17) is 9.47 Å². The van der Waals surface area contributed by atoms with Gasteiger partial charge in [0.1, 0.15) is 11.8 Å². The van der Waals surface area contributed by atoms with Crippen LogP contribution in [0.4, 0.5) is 13.2 Å². The molecule has 0 radical (unpaired) electrons. The standard InChI is InChI=1S/C28H27BrF3NO4/c1-3-36-25-14-13-23(29)17-21(25)18-33(26(34)20-11-8-12-22(16-20)28(30,31)32)24(27(35)37-4-2)15-19-9-6-5-7-10-19/h5-14,16-17,24H,3-4,15,18H2,1-2H3. The molecule has 0 saturated carbocycles. The molecule has 37 heavy (non-hydrogen) atoms. The lowest BCUT2D eigenvalue weighted by molar-refractivity contribution is -0.148. The number of rotatable bonds is 10. The Balaban J connectivity index is 2.12. The fourth-order valence-electron chi connectivity index (χ4n) is 3.87. The predicted molar refractivity (Wildman–Crippen MR) is 137 cm³/mol. The summed E-state index contributed by atoms with van der Waals surface area (Å²) < 4.78 is 52.0. The molecule has 5 nitrogen and oxygen atoms in total. The Morgan fingerprint density at radius 1 is 0.946 bits per heavy atom. The lowest BCUT2D eigenvalue weighted by Gasteiger charge is -2.31. The van der Waals surface area contributed by atoms with Crippen molar-refractivity contribution in [2.24, 2.45) is 0 Å². The molecule has 3 aromatic rings. The largest absolute Gasteiger partial charge is 0.494 e. The lowest BCUT2D eigenvalue weighted by Crippen LogP contribution is -2.47. The highest BCUT2D eigenvalue weighted by atomic mass is 79.9. The first-order chi connectivity index (χ1) is 17.6. The summed E-state index contributed by atoms with van der Waals surface area (Å²) in [5, 5.41) is 0. The van der Waals surface area contributed by atoms with E-state index in [1.54, 1.807) is 37.3 Å². The third-order valence-electron chi connectivity index (χ3n) is 5.57. The zero-order chi connectivity index (χ0) is 27.0. The summed E-state index contributed by atoms with van der Waals surface area (Å²) in [5.74, 6) is -0.892. The van der Waals surface area contributed by atoms with Crippen LogP contribution >= 0.6 is 15.9 Å². The zero-order valence-electron chi connectivity index (χ0n) is 20.4. The first-order valence-corrected chi connectivity index (χ1v) is 12.5. The molecule has 0 aromatic heterocycles. The zero-order valence-corrected chi connectivity index (χ0v) is 22.0. The number of hydrogen-bond donors (Lipinski definition) is 0. The van der Waals surface area contributed by atoms with E-state index in [-0.39, 0.29) is 25.1 Å². The first kappa shape index (κ1) is 28.2. The number of carbonyl (C=O) groups excluding carboxylic acids is 2. The topological polar surface area (TPSA) is 55.8 Å². The number of esters is 1. The molecule has 0 N–H and O–H groups in total. The van der Waals surface area contributed by atoms with Gasteiger partial charge in [0.15, 0.2) is 0 Å². The van der Waals surface area contributed by atoms with E-state index in [1.807, 2.05) is 25.1 Å². The number of halogens is 4. The van der Waals surface area contributed by atoms with Crippen LogP contribution in [-0.4, -0.2) is 36.0 Å². The van der Waals surface area contributed by atoms with Gasteiger partial charge in [-0.15, -0.1) is 0 Å². The highest BCUT2D eigenvalue weighted by molar-refractivity contribution is 9.10. The third-order valence-corrected chi connectivity index (χ3v) is 6.06. The minimum absolute atomic E-state index is 0.0802. The normalized spacial score (nSPS) is 12.1. The van der Waals surface area contributed by atoms with Crippen molar-refractivity contribution in [3.8, 4) is 5.75 Å². The van der Waals surface area contributed by atoms with Crippen LogP contribution in [0.3, 0.4) is 0 Å². The van der Waals surface area contributed by atoms with Crippen LogP contribution in [0.15, 0.2) is 77.3 Å². The molecular weight excluding hydrogens is 551 g/mol. The molecule has 9 heteroatoms. The molecule has 3 aromatic carbocycles. The smallest absolute Gasteiger partial charge is 0.416 e. The molecular formula is C28H27BrF3NO4. The predicted octanol–water partition coefficient (Wildman–Crippen LogP) is 6.68. The van der Waals surface area contributed by atoms with E-state index in [9.17, 15) is 22.8 Å². The molecule has 0 saturated heterocycles. The van der Waals surface area contributed by atoms with Crippen LogP contribution in [0.25, 0.3) is 0 Å². The number of nitrogens with zero attached hydrogens (tertiary/aromatic N) is 1. The van der Waals surface area contributed by atoms with Crippen molar-refractivity contribution in [1.29, 1.82) is 0 Å². The molecule has 1 atom stereocenters. The van der Waals surface area contributed by atoms with Crippen LogP contribution in [0.5, 0.6) is 5.75 Å². The van der Waals surface area contributed by atoms with Gasteiger partial charge in [0.05, 0.1) is 25.3 Å². The minimum Gasteiger partial charge on any atom is -0.494 e. The van der Waals surface area contributed by atoms with Gasteiger partial charge in [0, 0.05) is 22.0 Å². The van der Waals surface area contributed by atoms with Gasteiger partial charge >= 0.3 is 12.1 Å². The molecule has 0 aliphatic carbocycles. The molecule has 0 aliphatic heterocycles. The molecule has 0 heterocycles. The summed E-state index contributed by atoms with van der Waals surface area (Å²) in [7, 11) is 0. The van der Waals surface area contributed by atoms with Crippen LogP contribution in [0.1, 0.15) is 40.9 Å². The van der Waals surface area contributed by atoms with Crippen molar-refractivity contribution in [2.45, 2.75) is 39.0 Å². The van der Waals surface area contributed by atoms with Gasteiger partial charge in [-0.05, 0) is 55.8 Å². The molecule has 0 spiro atoms.